The molecule has 0 bridgehead atoms. The zero-order chi connectivity index (χ0) is 14.9. The number of hydrogen-bond acceptors (Lipinski definition) is 3. The lowest BCUT2D eigenvalue weighted by Gasteiger charge is -2.16. The fourth-order valence-electron chi connectivity index (χ4n) is 2.53. The van der Waals surface area contributed by atoms with Gasteiger partial charge in [0.05, 0.1) is 12.7 Å². The van der Waals surface area contributed by atoms with Gasteiger partial charge >= 0.3 is 0 Å². The van der Waals surface area contributed by atoms with Crippen molar-refractivity contribution in [1.29, 1.82) is 0 Å². The number of H-pyrrole nitrogens is 2. The fourth-order valence-corrected chi connectivity index (χ4v) is 2.53. The lowest BCUT2D eigenvalue weighted by Crippen LogP contribution is -2.34. The molecule has 0 aromatic carbocycles. The van der Waals surface area contributed by atoms with Crippen LogP contribution in [0.2, 0.25) is 0 Å². The molecule has 2 aromatic heterocycles. The van der Waals surface area contributed by atoms with Crippen LogP contribution in [-0.4, -0.2) is 32.2 Å². The number of hydrogen-bond donors (Lipinski definition) is 3. The molecule has 0 aliphatic heterocycles. The van der Waals surface area contributed by atoms with E-state index in [1.807, 2.05) is 10.8 Å². The van der Waals surface area contributed by atoms with E-state index >= 15 is 0 Å². The lowest BCUT2D eigenvalue weighted by molar-refractivity contribution is -0.120. The normalized spacial score (nSPS) is 15.9. The summed E-state index contributed by atoms with van der Waals surface area (Å²) in [6.07, 6.45) is 7.82. The zero-order valence-corrected chi connectivity index (χ0v) is 12.0. The maximum absolute atomic E-state index is 12.0. The molecule has 0 spiro atoms. The quantitative estimate of drug-likeness (QED) is 0.716. The molecule has 1 aliphatic carbocycles. The van der Waals surface area contributed by atoms with E-state index in [9.17, 15) is 9.59 Å². The number of aryl methyl sites for hydroxylation is 1. The van der Waals surface area contributed by atoms with E-state index in [0.717, 1.165) is 25.1 Å². The summed E-state index contributed by atoms with van der Waals surface area (Å²) in [5.41, 5.74) is 1.15. The van der Waals surface area contributed by atoms with E-state index in [4.69, 9.17) is 0 Å². The van der Waals surface area contributed by atoms with Gasteiger partial charge in [-0.05, 0) is 19.8 Å². The highest BCUT2D eigenvalue weighted by Gasteiger charge is 2.42. The molecule has 3 N–H and O–H groups in total. The minimum absolute atomic E-state index is 0.111. The van der Waals surface area contributed by atoms with Gasteiger partial charge in [0.1, 0.15) is 0 Å². The lowest BCUT2D eigenvalue weighted by atomic mass is 10.1. The number of amides is 1. The van der Waals surface area contributed by atoms with Crippen LogP contribution < -0.4 is 10.9 Å². The summed E-state index contributed by atoms with van der Waals surface area (Å²) in [6, 6.07) is 0. The number of imidazole rings is 1. The molecule has 1 fully saturated rings. The van der Waals surface area contributed by atoms with E-state index in [1.54, 1.807) is 19.4 Å². The van der Waals surface area contributed by atoms with Crippen molar-refractivity contribution in [3.63, 3.8) is 0 Å². The molecule has 21 heavy (non-hydrogen) atoms. The second kappa shape index (κ2) is 5.23. The Morgan fingerprint density at radius 3 is 2.86 bits per heavy atom. The van der Waals surface area contributed by atoms with Crippen LogP contribution in [0.5, 0.6) is 0 Å². The van der Waals surface area contributed by atoms with E-state index in [-0.39, 0.29) is 23.3 Å². The van der Waals surface area contributed by atoms with Gasteiger partial charge in [-0.15, -0.1) is 0 Å². The van der Waals surface area contributed by atoms with Gasteiger partial charge in [0.2, 0.25) is 5.91 Å². The molecule has 1 amide bonds. The first-order valence-corrected chi connectivity index (χ1v) is 7.07. The SMILES string of the molecule is Cc1[nH][nH]c(=O)c1CC(=O)NCC1(Cn2ccnc2)CC1. The van der Waals surface area contributed by atoms with Gasteiger partial charge in [-0.2, -0.15) is 0 Å². The first-order chi connectivity index (χ1) is 10.1. The molecule has 1 aliphatic rings. The van der Waals surface area contributed by atoms with E-state index in [0.29, 0.717) is 12.1 Å². The van der Waals surface area contributed by atoms with Gasteiger partial charge in [0, 0.05) is 42.2 Å². The third-order valence-corrected chi connectivity index (χ3v) is 4.12. The number of aromatic nitrogens is 4. The van der Waals surface area contributed by atoms with Gasteiger partial charge in [0.15, 0.2) is 0 Å². The number of nitrogens with one attached hydrogen (secondary N) is 3. The number of nitrogens with zero attached hydrogens (tertiary/aromatic N) is 2. The molecular weight excluding hydrogens is 270 g/mol. The van der Waals surface area contributed by atoms with Gasteiger partial charge in [-0.3, -0.25) is 14.7 Å². The molecule has 2 heterocycles. The zero-order valence-electron chi connectivity index (χ0n) is 12.0. The van der Waals surface area contributed by atoms with Gasteiger partial charge in [0.25, 0.3) is 5.56 Å². The Labute approximate surface area is 121 Å². The van der Waals surface area contributed by atoms with Crippen LogP contribution in [0.3, 0.4) is 0 Å². The largest absolute Gasteiger partial charge is 0.355 e. The predicted octanol–water partition coefficient (Wildman–Crippen LogP) is 0.347. The first kappa shape index (κ1) is 13.7. The molecule has 0 atom stereocenters. The minimum atomic E-state index is -0.220. The third kappa shape index (κ3) is 3.07. The maximum atomic E-state index is 12.0. The molecule has 1 saturated carbocycles. The second-order valence-corrected chi connectivity index (χ2v) is 5.87. The van der Waals surface area contributed by atoms with Crippen LogP contribution >= 0.6 is 0 Å². The van der Waals surface area contributed by atoms with Crippen molar-refractivity contribution in [2.24, 2.45) is 5.41 Å². The Morgan fingerprint density at radius 1 is 1.48 bits per heavy atom. The molecular formula is C14H19N5O2. The number of carbonyl (C=O) groups excluding carboxylic acids is 1. The summed E-state index contributed by atoms with van der Waals surface area (Å²) in [6.45, 7) is 3.30. The standard InChI is InChI=1S/C14H19N5O2/c1-10-11(13(21)18-17-10)6-12(20)16-7-14(2-3-14)8-19-5-4-15-9-19/h4-5,9H,2-3,6-8H2,1H3,(H,16,20)(H2,17,18,21). The summed E-state index contributed by atoms with van der Waals surface area (Å²) >= 11 is 0. The summed E-state index contributed by atoms with van der Waals surface area (Å²) in [5, 5.41) is 8.17. The van der Waals surface area contributed by atoms with Crippen LogP contribution in [0.25, 0.3) is 0 Å². The maximum Gasteiger partial charge on any atom is 0.267 e. The average Bonchev–Trinajstić information content (AvgIpc) is 2.89. The predicted molar refractivity (Wildman–Crippen MR) is 76.8 cm³/mol. The summed E-state index contributed by atoms with van der Waals surface area (Å²) in [4.78, 5) is 27.6. The Morgan fingerprint density at radius 2 is 2.29 bits per heavy atom. The second-order valence-electron chi connectivity index (χ2n) is 5.87. The summed E-state index contributed by atoms with van der Waals surface area (Å²) < 4.78 is 2.04. The van der Waals surface area contributed by atoms with Crippen molar-refractivity contribution in [3.05, 3.63) is 40.3 Å². The smallest absolute Gasteiger partial charge is 0.267 e. The topological polar surface area (TPSA) is 95.6 Å². The molecule has 0 saturated heterocycles. The van der Waals surface area contributed by atoms with Crippen LogP contribution in [0, 0.1) is 12.3 Å². The van der Waals surface area contributed by atoms with E-state index < -0.39 is 0 Å². The van der Waals surface area contributed by atoms with E-state index in [1.165, 1.54) is 0 Å². The number of carbonyl (C=O) groups is 1. The molecule has 7 heteroatoms. The Bertz CT molecular complexity index is 679. The van der Waals surface area contributed by atoms with Crippen molar-refractivity contribution in [3.8, 4) is 0 Å². The highest BCUT2D eigenvalue weighted by molar-refractivity contribution is 5.78. The fraction of sp³-hybridized carbons (Fsp3) is 0.500. The first-order valence-electron chi connectivity index (χ1n) is 7.07. The molecule has 112 valence electrons. The highest BCUT2D eigenvalue weighted by Crippen LogP contribution is 2.46. The molecule has 0 unspecified atom stereocenters. The number of aromatic amines is 2. The van der Waals surface area contributed by atoms with Crippen molar-refractivity contribution < 1.29 is 4.79 Å². The summed E-state index contributed by atoms with van der Waals surface area (Å²) in [7, 11) is 0. The Hall–Kier alpha value is -2.31. The van der Waals surface area contributed by atoms with Gasteiger partial charge in [-0.25, -0.2) is 4.98 Å². The van der Waals surface area contributed by atoms with Crippen LogP contribution in [0.4, 0.5) is 0 Å². The van der Waals surface area contributed by atoms with E-state index in [2.05, 4.69) is 20.5 Å². The minimum Gasteiger partial charge on any atom is -0.355 e. The molecule has 7 nitrogen and oxygen atoms in total. The molecule has 3 rings (SSSR count). The molecule has 2 aromatic rings. The van der Waals surface area contributed by atoms with Crippen molar-refractivity contribution in [1.82, 2.24) is 25.1 Å². The van der Waals surface area contributed by atoms with Gasteiger partial charge < -0.3 is 15.0 Å². The van der Waals surface area contributed by atoms with Crippen molar-refractivity contribution in [2.45, 2.75) is 32.7 Å². The van der Waals surface area contributed by atoms with Crippen LogP contribution in [0.1, 0.15) is 24.1 Å². The molecule has 0 radical (unpaired) electrons. The Balaban J connectivity index is 1.53. The summed E-state index contributed by atoms with van der Waals surface area (Å²) in [5.74, 6) is -0.111. The average molecular weight is 289 g/mol. The van der Waals surface area contributed by atoms with Crippen molar-refractivity contribution >= 4 is 5.91 Å². The van der Waals surface area contributed by atoms with Crippen LogP contribution in [-0.2, 0) is 17.8 Å². The van der Waals surface area contributed by atoms with Crippen LogP contribution in [0.15, 0.2) is 23.5 Å². The third-order valence-electron chi connectivity index (χ3n) is 4.12. The van der Waals surface area contributed by atoms with Crippen molar-refractivity contribution in [2.75, 3.05) is 6.54 Å². The Kier molecular flexibility index (Phi) is 3.40. The van der Waals surface area contributed by atoms with Gasteiger partial charge in [-0.1, -0.05) is 0 Å². The highest BCUT2D eigenvalue weighted by atomic mass is 16.2. The monoisotopic (exact) mass is 289 g/mol. The number of rotatable bonds is 6.